The highest BCUT2D eigenvalue weighted by molar-refractivity contribution is 9.10. The van der Waals surface area contributed by atoms with E-state index in [4.69, 9.17) is 4.74 Å². The number of benzene rings is 1. The van der Waals surface area contributed by atoms with Gasteiger partial charge in [-0.2, -0.15) is 0 Å². The molecule has 6 heteroatoms. The van der Waals surface area contributed by atoms with E-state index in [-0.39, 0.29) is 10.6 Å². The Morgan fingerprint density at radius 1 is 1.56 bits per heavy atom. The third kappa shape index (κ3) is 3.43. The molecule has 0 radical (unpaired) electrons. The van der Waals surface area contributed by atoms with E-state index in [1.165, 1.54) is 0 Å². The Morgan fingerprint density at radius 2 is 2.39 bits per heavy atom. The molecule has 1 aliphatic heterocycles. The molecule has 5 nitrogen and oxygen atoms in total. The average molecular weight is 315 g/mol. The summed E-state index contributed by atoms with van der Waals surface area (Å²) in [6.45, 7) is 2.41. The van der Waals surface area contributed by atoms with E-state index in [9.17, 15) is 10.1 Å². The Hall–Kier alpha value is -1.14. The van der Waals surface area contributed by atoms with Gasteiger partial charge in [0.05, 0.1) is 16.0 Å². The highest BCUT2D eigenvalue weighted by atomic mass is 79.9. The Morgan fingerprint density at radius 3 is 3.06 bits per heavy atom. The molecule has 1 N–H and O–H groups in total. The second-order valence-electron chi connectivity index (χ2n) is 4.39. The Balaban J connectivity index is 1.96. The fourth-order valence-electron chi connectivity index (χ4n) is 1.99. The van der Waals surface area contributed by atoms with Crippen LogP contribution in [0.5, 0.6) is 0 Å². The molecule has 1 aliphatic rings. The molecule has 2 rings (SSSR count). The second-order valence-corrected chi connectivity index (χ2v) is 5.24. The van der Waals surface area contributed by atoms with Gasteiger partial charge in [-0.05, 0) is 46.8 Å². The minimum absolute atomic E-state index is 0.0832. The van der Waals surface area contributed by atoms with Crippen molar-refractivity contribution in [2.45, 2.75) is 12.8 Å². The van der Waals surface area contributed by atoms with Gasteiger partial charge in [0.25, 0.3) is 5.69 Å². The highest BCUT2D eigenvalue weighted by Crippen LogP contribution is 2.28. The van der Waals surface area contributed by atoms with Gasteiger partial charge in [-0.1, -0.05) is 0 Å². The molecule has 0 spiro atoms. The number of hydrogen-bond acceptors (Lipinski definition) is 4. The zero-order chi connectivity index (χ0) is 13.0. The van der Waals surface area contributed by atoms with Gasteiger partial charge in [-0.15, -0.1) is 0 Å². The van der Waals surface area contributed by atoms with Gasteiger partial charge in [0.15, 0.2) is 0 Å². The highest BCUT2D eigenvalue weighted by Gasteiger charge is 2.15. The predicted molar refractivity (Wildman–Crippen MR) is 72.8 cm³/mol. The summed E-state index contributed by atoms with van der Waals surface area (Å²) in [5.74, 6) is 0.487. The summed E-state index contributed by atoms with van der Waals surface area (Å²) in [5.41, 5.74) is 0.857. The van der Waals surface area contributed by atoms with Crippen molar-refractivity contribution in [2.75, 3.05) is 25.1 Å². The van der Waals surface area contributed by atoms with Crippen LogP contribution in [0.4, 0.5) is 11.4 Å². The number of ether oxygens (including phenoxy) is 1. The lowest BCUT2D eigenvalue weighted by atomic mass is 10.0. The van der Waals surface area contributed by atoms with E-state index in [1.54, 1.807) is 12.1 Å². The first kappa shape index (κ1) is 13.3. The lowest BCUT2D eigenvalue weighted by molar-refractivity contribution is -0.385. The van der Waals surface area contributed by atoms with Crippen LogP contribution in [0.2, 0.25) is 0 Å². The van der Waals surface area contributed by atoms with Gasteiger partial charge >= 0.3 is 0 Å². The summed E-state index contributed by atoms with van der Waals surface area (Å²) in [6, 6.07) is 5.08. The van der Waals surface area contributed by atoms with Crippen molar-refractivity contribution in [2.24, 2.45) is 5.92 Å². The molecule has 1 fully saturated rings. The first-order valence-corrected chi connectivity index (χ1v) is 6.71. The van der Waals surface area contributed by atoms with E-state index < -0.39 is 0 Å². The summed E-state index contributed by atoms with van der Waals surface area (Å²) in [4.78, 5) is 10.4. The van der Waals surface area contributed by atoms with Gasteiger partial charge < -0.3 is 10.1 Å². The van der Waals surface area contributed by atoms with Crippen molar-refractivity contribution >= 4 is 27.3 Å². The molecule has 1 aromatic carbocycles. The first-order chi connectivity index (χ1) is 8.66. The minimum atomic E-state index is -0.390. The maximum Gasteiger partial charge on any atom is 0.285 e. The number of nitrogens with zero attached hydrogens (tertiary/aromatic N) is 1. The standard InChI is InChI=1S/C12H15BrN2O3/c13-11-4-3-10(6-12(11)15(16)17)14-7-9-2-1-5-18-8-9/h3-4,6,9,14H,1-2,5,7-8H2. The zero-order valence-corrected chi connectivity index (χ0v) is 11.5. The van der Waals surface area contributed by atoms with Crippen LogP contribution in [0.3, 0.4) is 0 Å². The number of halogens is 1. The Kier molecular flexibility index (Phi) is 4.54. The van der Waals surface area contributed by atoms with Gasteiger partial charge in [0.2, 0.25) is 0 Å². The van der Waals surface area contributed by atoms with Gasteiger partial charge in [-0.25, -0.2) is 0 Å². The molecule has 1 saturated heterocycles. The molecule has 1 aromatic rings. The summed E-state index contributed by atoms with van der Waals surface area (Å²) >= 11 is 3.17. The number of nitro groups is 1. The van der Waals surface area contributed by atoms with Gasteiger partial charge in [0, 0.05) is 24.9 Å². The molecule has 1 atom stereocenters. The van der Waals surface area contributed by atoms with Crippen LogP contribution in [0.1, 0.15) is 12.8 Å². The quantitative estimate of drug-likeness (QED) is 0.684. The second kappa shape index (κ2) is 6.15. The van der Waals surface area contributed by atoms with Crippen LogP contribution in [-0.4, -0.2) is 24.7 Å². The number of hydrogen-bond donors (Lipinski definition) is 1. The molecule has 1 heterocycles. The molecule has 0 aromatic heterocycles. The monoisotopic (exact) mass is 314 g/mol. The number of nitro benzene ring substituents is 1. The number of rotatable bonds is 4. The van der Waals surface area contributed by atoms with E-state index in [0.29, 0.717) is 10.4 Å². The number of anilines is 1. The normalized spacial score (nSPS) is 19.5. The fraction of sp³-hybridized carbons (Fsp3) is 0.500. The van der Waals surface area contributed by atoms with E-state index in [1.807, 2.05) is 6.07 Å². The molecule has 98 valence electrons. The minimum Gasteiger partial charge on any atom is -0.384 e. The van der Waals surface area contributed by atoms with Crippen LogP contribution in [0.15, 0.2) is 22.7 Å². The molecule has 18 heavy (non-hydrogen) atoms. The SMILES string of the molecule is O=[N+]([O-])c1cc(NCC2CCCOC2)ccc1Br. The van der Waals surface area contributed by atoms with Crippen molar-refractivity contribution in [3.63, 3.8) is 0 Å². The smallest absolute Gasteiger partial charge is 0.285 e. The summed E-state index contributed by atoms with van der Waals surface area (Å²) in [6.07, 6.45) is 2.23. The summed E-state index contributed by atoms with van der Waals surface area (Å²) in [5, 5.41) is 14.0. The van der Waals surface area contributed by atoms with Crippen molar-refractivity contribution < 1.29 is 9.66 Å². The molecule has 0 amide bonds. The van der Waals surface area contributed by atoms with Crippen LogP contribution in [0, 0.1) is 16.0 Å². The largest absolute Gasteiger partial charge is 0.384 e. The lowest BCUT2D eigenvalue weighted by Gasteiger charge is -2.22. The van der Waals surface area contributed by atoms with Crippen molar-refractivity contribution in [1.82, 2.24) is 0 Å². The van der Waals surface area contributed by atoms with Gasteiger partial charge in [-0.3, -0.25) is 10.1 Å². The number of nitrogens with one attached hydrogen (secondary N) is 1. The zero-order valence-electron chi connectivity index (χ0n) is 9.89. The first-order valence-electron chi connectivity index (χ1n) is 5.92. The van der Waals surface area contributed by atoms with Crippen molar-refractivity contribution in [3.8, 4) is 0 Å². The van der Waals surface area contributed by atoms with E-state index in [2.05, 4.69) is 21.2 Å². The Labute approximate surface area is 114 Å². The van der Waals surface area contributed by atoms with Crippen molar-refractivity contribution in [3.05, 3.63) is 32.8 Å². The lowest BCUT2D eigenvalue weighted by Crippen LogP contribution is -2.24. The van der Waals surface area contributed by atoms with E-state index >= 15 is 0 Å². The van der Waals surface area contributed by atoms with E-state index in [0.717, 1.165) is 38.3 Å². The molecule has 0 bridgehead atoms. The van der Waals surface area contributed by atoms with Gasteiger partial charge in [0.1, 0.15) is 0 Å². The Bertz CT molecular complexity index is 433. The van der Waals surface area contributed by atoms with Crippen LogP contribution in [-0.2, 0) is 4.74 Å². The van der Waals surface area contributed by atoms with Crippen LogP contribution < -0.4 is 5.32 Å². The average Bonchev–Trinajstić information content (AvgIpc) is 2.38. The van der Waals surface area contributed by atoms with Crippen molar-refractivity contribution in [1.29, 1.82) is 0 Å². The maximum atomic E-state index is 10.8. The molecular weight excluding hydrogens is 300 g/mol. The van der Waals surface area contributed by atoms with Crippen LogP contribution >= 0.6 is 15.9 Å². The third-order valence-corrected chi connectivity index (χ3v) is 3.66. The van der Waals surface area contributed by atoms with Crippen LogP contribution in [0.25, 0.3) is 0 Å². The maximum absolute atomic E-state index is 10.8. The summed E-state index contributed by atoms with van der Waals surface area (Å²) in [7, 11) is 0. The predicted octanol–water partition coefficient (Wildman–Crippen LogP) is 3.20. The molecule has 0 saturated carbocycles. The molecule has 0 aliphatic carbocycles. The fourth-order valence-corrected chi connectivity index (χ4v) is 2.38. The summed E-state index contributed by atoms with van der Waals surface area (Å²) < 4.78 is 5.89. The third-order valence-electron chi connectivity index (χ3n) is 2.99. The molecular formula is C12H15BrN2O3. The molecule has 1 unspecified atom stereocenters. The topological polar surface area (TPSA) is 64.4 Å².